The van der Waals surface area contributed by atoms with Gasteiger partial charge in [0.1, 0.15) is 0 Å². The predicted molar refractivity (Wildman–Crippen MR) is 123 cm³/mol. The normalized spacial score (nSPS) is 11.8. The topological polar surface area (TPSA) is 124 Å². The molecule has 0 aliphatic carbocycles. The molecular formula is C20H21ClN4O4S2. The Morgan fingerprint density at radius 2 is 2.00 bits per heavy atom. The number of primary sulfonamides is 1. The fourth-order valence-corrected chi connectivity index (χ4v) is 4.43. The van der Waals surface area contributed by atoms with E-state index < -0.39 is 10.0 Å². The summed E-state index contributed by atoms with van der Waals surface area (Å²) in [4.78, 5) is 29.9. The van der Waals surface area contributed by atoms with Gasteiger partial charge in [0, 0.05) is 17.3 Å². The summed E-state index contributed by atoms with van der Waals surface area (Å²) in [6.07, 6.45) is 0. The van der Waals surface area contributed by atoms with Crippen molar-refractivity contribution in [3.63, 3.8) is 0 Å². The van der Waals surface area contributed by atoms with Crippen LogP contribution in [0.15, 0.2) is 57.3 Å². The SMILES string of the molecule is CC(C)Cn1c(SCC(=O)Nc2cccc(S(N)(=O)=O)c2)nc2ccc(Cl)cc2c1=O. The summed E-state index contributed by atoms with van der Waals surface area (Å²) in [6, 6.07) is 10.6. The van der Waals surface area contributed by atoms with Gasteiger partial charge in [0.05, 0.1) is 21.6 Å². The second-order valence-electron chi connectivity index (χ2n) is 7.28. The van der Waals surface area contributed by atoms with Gasteiger partial charge in [-0.25, -0.2) is 18.5 Å². The molecule has 8 nitrogen and oxygen atoms in total. The number of aromatic nitrogens is 2. The molecular weight excluding hydrogens is 460 g/mol. The minimum atomic E-state index is -3.88. The van der Waals surface area contributed by atoms with Crippen molar-refractivity contribution in [1.29, 1.82) is 0 Å². The van der Waals surface area contributed by atoms with Crippen molar-refractivity contribution in [2.45, 2.75) is 30.4 Å². The van der Waals surface area contributed by atoms with E-state index in [1.165, 1.54) is 18.2 Å². The Labute approximate surface area is 188 Å². The predicted octanol–water partition coefficient (Wildman–Crippen LogP) is 3.08. The van der Waals surface area contributed by atoms with Gasteiger partial charge in [-0.1, -0.05) is 43.3 Å². The molecule has 1 aromatic heterocycles. The number of carbonyl (C=O) groups excluding carboxylic acids is 1. The maximum Gasteiger partial charge on any atom is 0.262 e. The number of nitrogens with one attached hydrogen (secondary N) is 1. The summed E-state index contributed by atoms with van der Waals surface area (Å²) < 4.78 is 24.5. The first-order valence-corrected chi connectivity index (χ1v) is 12.2. The van der Waals surface area contributed by atoms with Gasteiger partial charge in [-0.2, -0.15) is 0 Å². The molecule has 0 saturated heterocycles. The van der Waals surface area contributed by atoms with Crippen molar-refractivity contribution >= 4 is 55.9 Å². The fourth-order valence-electron chi connectivity index (χ4n) is 2.89. The van der Waals surface area contributed by atoms with E-state index in [1.54, 1.807) is 28.8 Å². The van der Waals surface area contributed by atoms with Crippen LogP contribution in [0.4, 0.5) is 5.69 Å². The third-order valence-corrected chi connectivity index (χ3v) is 6.33. The van der Waals surface area contributed by atoms with E-state index in [0.717, 1.165) is 11.8 Å². The lowest BCUT2D eigenvalue weighted by Gasteiger charge is -2.15. The van der Waals surface area contributed by atoms with Crippen LogP contribution in [-0.2, 0) is 21.4 Å². The highest BCUT2D eigenvalue weighted by molar-refractivity contribution is 7.99. The molecule has 3 rings (SSSR count). The lowest BCUT2D eigenvalue weighted by atomic mass is 10.2. The lowest BCUT2D eigenvalue weighted by Crippen LogP contribution is -2.26. The fraction of sp³-hybridized carbons (Fsp3) is 0.250. The van der Waals surface area contributed by atoms with Crippen molar-refractivity contribution in [3.05, 3.63) is 57.8 Å². The third-order valence-electron chi connectivity index (χ3n) is 4.21. The Kier molecular flexibility index (Phi) is 7.05. The molecule has 3 N–H and O–H groups in total. The van der Waals surface area contributed by atoms with Gasteiger partial charge >= 0.3 is 0 Å². The average Bonchev–Trinajstić information content (AvgIpc) is 2.68. The number of fused-ring (bicyclic) bond motifs is 1. The molecule has 0 aliphatic heterocycles. The molecule has 0 fully saturated rings. The lowest BCUT2D eigenvalue weighted by molar-refractivity contribution is -0.113. The van der Waals surface area contributed by atoms with Gasteiger partial charge in [-0.3, -0.25) is 14.2 Å². The number of hydrogen-bond acceptors (Lipinski definition) is 6. The molecule has 0 bridgehead atoms. The molecule has 0 unspecified atom stereocenters. The summed E-state index contributed by atoms with van der Waals surface area (Å²) >= 11 is 7.15. The largest absolute Gasteiger partial charge is 0.325 e. The highest BCUT2D eigenvalue weighted by Crippen LogP contribution is 2.22. The van der Waals surface area contributed by atoms with E-state index in [0.29, 0.717) is 33.3 Å². The van der Waals surface area contributed by atoms with Gasteiger partial charge in [0.25, 0.3) is 5.56 Å². The number of hydrogen-bond donors (Lipinski definition) is 2. The number of anilines is 1. The van der Waals surface area contributed by atoms with Crippen molar-refractivity contribution in [3.8, 4) is 0 Å². The Morgan fingerprint density at radius 1 is 1.26 bits per heavy atom. The maximum absolute atomic E-state index is 13.0. The Morgan fingerprint density at radius 3 is 2.68 bits per heavy atom. The molecule has 31 heavy (non-hydrogen) atoms. The van der Waals surface area contributed by atoms with Crippen molar-refractivity contribution < 1.29 is 13.2 Å². The zero-order valence-electron chi connectivity index (χ0n) is 16.8. The minimum absolute atomic E-state index is 0.0246. The number of nitrogens with two attached hydrogens (primary N) is 1. The van der Waals surface area contributed by atoms with E-state index in [4.69, 9.17) is 16.7 Å². The first-order valence-electron chi connectivity index (χ1n) is 9.30. The van der Waals surface area contributed by atoms with Crippen LogP contribution in [0.1, 0.15) is 13.8 Å². The molecule has 164 valence electrons. The maximum atomic E-state index is 13.0. The highest BCUT2D eigenvalue weighted by atomic mass is 35.5. The first kappa shape index (κ1) is 23.3. The third kappa shape index (κ3) is 5.85. The standard InChI is InChI=1S/C20H21ClN4O4S2/c1-12(2)10-25-19(27)16-8-13(21)6-7-17(16)24-20(25)30-11-18(26)23-14-4-3-5-15(9-14)31(22,28)29/h3-9,12H,10-11H2,1-2H3,(H,23,26)(H2,22,28,29). The molecule has 0 saturated carbocycles. The van der Waals surface area contributed by atoms with Crippen LogP contribution in [0.5, 0.6) is 0 Å². The van der Waals surface area contributed by atoms with Crippen LogP contribution in [0, 0.1) is 5.92 Å². The van der Waals surface area contributed by atoms with Crippen molar-refractivity contribution in [2.75, 3.05) is 11.1 Å². The summed E-state index contributed by atoms with van der Waals surface area (Å²) in [6.45, 7) is 4.40. The molecule has 2 aromatic carbocycles. The molecule has 0 radical (unpaired) electrons. The number of sulfonamides is 1. The van der Waals surface area contributed by atoms with E-state index in [2.05, 4.69) is 10.3 Å². The average molecular weight is 481 g/mol. The highest BCUT2D eigenvalue weighted by Gasteiger charge is 2.15. The smallest absolute Gasteiger partial charge is 0.262 e. The van der Waals surface area contributed by atoms with Crippen molar-refractivity contribution in [1.82, 2.24) is 9.55 Å². The quantitative estimate of drug-likeness (QED) is 0.395. The van der Waals surface area contributed by atoms with Gasteiger partial charge in [-0.05, 0) is 42.3 Å². The van der Waals surface area contributed by atoms with Crippen LogP contribution >= 0.6 is 23.4 Å². The molecule has 1 heterocycles. The number of halogens is 1. The van der Waals surface area contributed by atoms with E-state index in [-0.39, 0.29) is 28.0 Å². The second kappa shape index (κ2) is 9.39. The van der Waals surface area contributed by atoms with Gasteiger partial charge in [0.2, 0.25) is 15.9 Å². The molecule has 3 aromatic rings. The Balaban J connectivity index is 1.83. The van der Waals surface area contributed by atoms with E-state index in [1.807, 2.05) is 13.8 Å². The zero-order valence-corrected chi connectivity index (χ0v) is 19.2. The summed E-state index contributed by atoms with van der Waals surface area (Å²) in [5, 5.41) is 9.04. The van der Waals surface area contributed by atoms with E-state index in [9.17, 15) is 18.0 Å². The zero-order chi connectivity index (χ0) is 22.8. The minimum Gasteiger partial charge on any atom is -0.325 e. The van der Waals surface area contributed by atoms with Crippen LogP contribution in [0.3, 0.4) is 0 Å². The number of carbonyl (C=O) groups is 1. The number of amides is 1. The van der Waals surface area contributed by atoms with Crippen LogP contribution in [-0.4, -0.2) is 29.6 Å². The van der Waals surface area contributed by atoms with Crippen LogP contribution in [0.25, 0.3) is 10.9 Å². The monoisotopic (exact) mass is 480 g/mol. The number of nitrogens with zero attached hydrogens (tertiary/aromatic N) is 2. The first-order chi connectivity index (χ1) is 14.5. The Bertz CT molecular complexity index is 1310. The van der Waals surface area contributed by atoms with Crippen LogP contribution < -0.4 is 16.0 Å². The summed E-state index contributed by atoms with van der Waals surface area (Å²) in [7, 11) is -3.88. The number of thioether (sulfide) groups is 1. The van der Waals surface area contributed by atoms with Gasteiger partial charge in [-0.15, -0.1) is 0 Å². The molecule has 0 atom stereocenters. The molecule has 0 spiro atoms. The summed E-state index contributed by atoms with van der Waals surface area (Å²) in [5.41, 5.74) is 0.584. The second-order valence-corrected chi connectivity index (χ2v) is 10.2. The molecule has 1 amide bonds. The summed E-state index contributed by atoms with van der Waals surface area (Å²) in [5.74, 6) is -0.216. The van der Waals surface area contributed by atoms with Gasteiger partial charge < -0.3 is 5.32 Å². The molecule has 0 aliphatic rings. The van der Waals surface area contributed by atoms with Crippen molar-refractivity contribution in [2.24, 2.45) is 11.1 Å². The van der Waals surface area contributed by atoms with Crippen LogP contribution in [0.2, 0.25) is 5.02 Å². The van der Waals surface area contributed by atoms with E-state index >= 15 is 0 Å². The number of rotatable bonds is 7. The van der Waals surface area contributed by atoms with Gasteiger partial charge in [0.15, 0.2) is 5.16 Å². The molecule has 11 heteroatoms. The Hall–Kier alpha value is -2.40. The number of benzene rings is 2.